The number of rotatable bonds is 6. The molecule has 0 atom stereocenters. The molecule has 1 heterocycles. The molecule has 1 N–H and O–H groups in total. The Morgan fingerprint density at radius 2 is 1.76 bits per heavy atom. The molecule has 29 heavy (non-hydrogen) atoms. The van der Waals surface area contributed by atoms with E-state index in [1.165, 1.54) is 24.3 Å². The maximum Gasteiger partial charge on any atom is 0.573 e. The van der Waals surface area contributed by atoms with Gasteiger partial charge in [0.15, 0.2) is 0 Å². The van der Waals surface area contributed by atoms with E-state index < -0.39 is 12.0 Å². The highest BCUT2D eigenvalue weighted by Crippen LogP contribution is 2.24. The Morgan fingerprint density at radius 3 is 2.28 bits per heavy atom. The number of likely N-dealkylation sites (tertiary alicyclic amines) is 1. The van der Waals surface area contributed by atoms with Crippen molar-refractivity contribution in [2.75, 3.05) is 19.7 Å². The number of halogens is 3. The Bertz CT molecular complexity index is 691. The van der Waals surface area contributed by atoms with Crippen molar-refractivity contribution in [3.8, 4) is 5.75 Å². The summed E-state index contributed by atoms with van der Waals surface area (Å²) in [5.41, 5.74) is 3.21. The molecule has 1 aliphatic rings. The van der Waals surface area contributed by atoms with Gasteiger partial charge in [0.2, 0.25) is 0 Å². The van der Waals surface area contributed by atoms with Crippen LogP contribution < -0.4 is 10.2 Å². The maximum atomic E-state index is 12.2. The number of benzene rings is 1. The number of amides is 1. The summed E-state index contributed by atoms with van der Waals surface area (Å²) < 4.78 is 45.8. The minimum atomic E-state index is -4.72. The van der Waals surface area contributed by atoms with Crippen molar-refractivity contribution in [1.82, 2.24) is 10.4 Å². The monoisotopic (exact) mass is 416 g/mol. The zero-order chi connectivity index (χ0) is 21.7. The zero-order valence-corrected chi connectivity index (χ0v) is 16.8. The Morgan fingerprint density at radius 1 is 1.17 bits per heavy atom. The van der Waals surface area contributed by atoms with Crippen molar-refractivity contribution in [2.24, 2.45) is 5.92 Å². The molecule has 2 rings (SSSR count). The molecule has 1 fully saturated rings. The standard InChI is InChI=1S/C20H27F3N2O4/c1-14(16-5-7-17(8-6-16)28-20(21,22)23)24-27-13-15-9-11-25(12-10-15)18(26)29-19(2,3)4/h5-8,15,24H,1,9-13H2,2-4H3. The van der Waals surface area contributed by atoms with Crippen LogP contribution in [-0.2, 0) is 9.57 Å². The van der Waals surface area contributed by atoms with Gasteiger partial charge in [-0.1, -0.05) is 6.58 Å². The minimum Gasteiger partial charge on any atom is -0.444 e. The van der Waals surface area contributed by atoms with E-state index in [1.54, 1.807) is 4.90 Å². The molecule has 162 valence electrons. The summed E-state index contributed by atoms with van der Waals surface area (Å²) in [5.74, 6) is -0.0248. The van der Waals surface area contributed by atoms with E-state index in [2.05, 4.69) is 16.8 Å². The highest BCUT2D eigenvalue weighted by atomic mass is 19.4. The summed E-state index contributed by atoms with van der Waals surface area (Å²) in [5, 5.41) is 0. The number of ether oxygens (including phenoxy) is 2. The normalized spacial score (nSPS) is 15.7. The number of nitrogens with zero attached hydrogens (tertiary/aromatic N) is 1. The number of hydrogen-bond acceptors (Lipinski definition) is 5. The van der Waals surface area contributed by atoms with Gasteiger partial charge in [-0.05, 0) is 69.4 Å². The lowest BCUT2D eigenvalue weighted by atomic mass is 9.98. The summed E-state index contributed by atoms with van der Waals surface area (Å²) in [4.78, 5) is 19.2. The number of alkyl halides is 3. The molecule has 0 aromatic heterocycles. The first-order chi connectivity index (χ1) is 13.4. The van der Waals surface area contributed by atoms with Crippen LogP contribution in [0.15, 0.2) is 30.8 Å². The third-order valence-corrected chi connectivity index (χ3v) is 4.22. The van der Waals surface area contributed by atoms with Gasteiger partial charge in [0.1, 0.15) is 11.4 Å². The molecule has 0 aliphatic carbocycles. The predicted octanol–water partition coefficient (Wildman–Crippen LogP) is 4.72. The lowest BCUT2D eigenvalue weighted by Gasteiger charge is -2.33. The van der Waals surface area contributed by atoms with E-state index >= 15 is 0 Å². The molecule has 9 heteroatoms. The molecule has 1 amide bonds. The second kappa shape index (κ2) is 9.39. The van der Waals surface area contributed by atoms with Gasteiger partial charge in [-0.2, -0.15) is 0 Å². The molecule has 1 aliphatic heterocycles. The molecule has 0 radical (unpaired) electrons. The predicted molar refractivity (Wildman–Crippen MR) is 102 cm³/mol. The van der Waals surface area contributed by atoms with Crippen LogP contribution in [0.1, 0.15) is 39.2 Å². The summed E-state index contributed by atoms with van der Waals surface area (Å²) in [6, 6.07) is 5.34. The number of nitrogens with one attached hydrogen (secondary N) is 1. The van der Waals surface area contributed by atoms with Crippen LogP contribution in [0.4, 0.5) is 18.0 Å². The van der Waals surface area contributed by atoms with Crippen LogP contribution in [0.2, 0.25) is 0 Å². The van der Waals surface area contributed by atoms with E-state index in [0.29, 0.717) is 31.0 Å². The second-order valence-electron chi connectivity index (χ2n) is 7.87. The summed E-state index contributed by atoms with van der Waals surface area (Å²) in [6.45, 7) is 10.9. The topological polar surface area (TPSA) is 60.0 Å². The Kier molecular flexibility index (Phi) is 7.40. The van der Waals surface area contributed by atoms with Crippen LogP contribution in [0, 0.1) is 5.92 Å². The average Bonchev–Trinajstić information content (AvgIpc) is 2.60. The number of hydrogen-bond donors (Lipinski definition) is 1. The van der Waals surface area contributed by atoms with Gasteiger partial charge in [-0.15, -0.1) is 13.2 Å². The van der Waals surface area contributed by atoms with Crippen LogP contribution in [0.3, 0.4) is 0 Å². The maximum absolute atomic E-state index is 12.2. The quantitative estimate of drug-likeness (QED) is 0.680. The van der Waals surface area contributed by atoms with Crippen molar-refractivity contribution in [3.05, 3.63) is 36.4 Å². The molecule has 1 saturated heterocycles. The van der Waals surface area contributed by atoms with Crippen molar-refractivity contribution in [1.29, 1.82) is 0 Å². The molecular formula is C20H27F3N2O4. The Hall–Kier alpha value is -2.42. The van der Waals surface area contributed by atoms with Gasteiger partial charge in [-0.3, -0.25) is 10.3 Å². The van der Waals surface area contributed by atoms with Gasteiger partial charge < -0.3 is 14.4 Å². The SMILES string of the molecule is C=C(NOCC1CCN(C(=O)OC(C)(C)C)CC1)c1ccc(OC(F)(F)F)cc1. The van der Waals surface area contributed by atoms with E-state index in [4.69, 9.17) is 9.57 Å². The van der Waals surface area contributed by atoms with Crippen molar-refractivity contribution in [2.45, 2.75) is 45.6 Å². The fourth-order valence-corrected chi connectivity index (χ4v) is 2.77. The van der Waals surface area contributed by atoms with E-state index in [1.807, 2.05) is 20.8 Å². The fraction of sp³-hybridized carbons (Fsp3) is 0.550. The fourth-order valence-electron chi connectivity index (χ4n) is 2.77. The number of carbonyl (C=O) groups excluding carboxylic acids is 1. The minimum absolute atomic E-state index is 0.275. The molecule has 6 nitrogen and oxygen atoms in total. The van der Waals surface area contributed by atoms with Crippen molar-refractivity contribution in [3.63, 3.8) is 0 Å². The molecular weight excluding hydrogens is 389 g/mol. The largest absolute Gasteiger partial charge is 0.573 e. The van der Waals surface area contributed by atoms with Crippen LogP contribution >= 0.6 is 0 Å². The van der Waals surface area contributed by atoms with E-state index in [-0.39, 0.29) is 17.8 Å². The third-order valence-electron chi connectivity index (χ3n) is 4.22. The zero-order valence-electron chi connectivity index (χ0n) is 16.8. The van der Waals surface area contributed by atoms with Crippen LogP contribution in [0.5, 0.6) is 5.75 Å². The van der Waals surface area contributed by atoms with Gasteiger partial charge in [0.05, 0.1) is 12.3 Å². The molecule has 0 unspecified atom stereocenters. The van der Waals surface area contributed by atoms with E-state index in [9.17, 15) is 18.0 Å². The summed E-state index contributed by atoms with van der Waals surface area (Å²) >= 11 is 0. The number of carbonyl (C=O) groups is 1. The van der Waals surface area contributed by atoms with Gasteiger partial charge in [0.25, 0.3) is 0 Å². The van der Waals surface area contributed by atoms with Gasteiger partial charge >= 0.3 is 12.5 Å². The highest BCUT2D eigenvalue weighted by Gasteiger charge is 2.31. The first kappa shape index (κ1) is 22.9. The van der Waals surface area contributed by atoms with Gasteiger partial charge in [0, 0.05) is 13.1 Å². The molecule has 1 aromatic rings. The lowest BCUT2D eigenvalue weighted by molar-refractivity contribution is -0.274. The first-order valence-electron chi connectivity index (χ1n) is 9.34. The molecule has 1 aromatic carbocycles. The lowest BCUT2D eigenvalue weighted by Crippen LogP contribution is -2.42. The van der Waals surface area contributed by atoms with Crippen molar-refractivity contribution >= 4 is 11.8 Å². The Balaban J connectivity index is 1.70. The smallest absolute Gasteiger partial charge is 0.444 e. The number of piperidine rings is 1. The van der Waals surface area contributed by atoms with Crippen molar-refractivity contribution < 1.29 is 32.3 Å². The second-order valence-corrected chi connectivity index (χ2v) is 7.87. The van der Waals surface area contributed by atoms with Crippen LogP contribution in [0.25, 0.3) is 5.70 Å². The molecule has 0 spiro atoms. The average molecular weight is 416 g/mol. The third kappa shape index (κ3) is 8.23. The van der Waals surface area contributed by atoms with Gasteiger partial charge in [-0.25, -0.2) is 4.79 Å². The number of hydroxylamine groups is 1. The van der Waals surface area contributed by atoms with Crippen LogP contribution in [-0.4, -0.2) is 42.7 Å². The Labute approximate surface area is 168 Å². The molecule has 0 saturated carbocycles. The summed E-state index contributed by atoms with van der Waals surface area (Å²) in [7, 11) is 0. The first-order valence-corrected chi connectivity index (χ1v) is 9.34. The summed E-state index contributed by atoms with van der Waals surface area (Å²) in [6.07, 6.45) is -3.45. The highest BCUT2D eigenvalue weighted by molar-refractivity contribution is 5.68. The van der Waals surface area contributed by atoms with E-state index in [0.717, 1.165) is 12.8 Å². The molecule has 0 bridgehead atoms.